The van der Waals surface area contributed by atoms with E-state index in [-0.39, 0.29) is 17.4 Å². The van der Waals surface area contributed by atoms with Crippen molar-refractivity contribution in [1.82, 2.24) is 5.32 Å². The van der Waals surface area contributed by atoms with Crippen LogP contribution in [0.1, 0.15) is 34.0 Å². The predicted octanol–water partition coefficient (Wildman–Crippen LogP) is 6.71. The molecular formula is C34H33N3O4S. The van der Waals surface area contributed by atoms with Gasteiger partial charge in [-0.2, -0.15) is 0 Å². The summed E-state index contributed by atoms with van der Waals surface area (Å²) in [6.07, 6.45) is 2.42. The number of aryl methyl sites for hydroxylation is 2. The number of carbonyl (C=O) groups is 3. The highest BCUT2D eigenvalue weighted by Gasteiger charge is 2.16. The van der Waals surface area contributed by atoms with E-state index in [0.717, 1.165) is 28.1 Å². The van der Waals surface area contributed by atoms with E-state index in [1.807, 2.05) is 43.3 Å². The number of ether oxygens (including phenoxy) is 1. The van der Waals surface area contributed by atoms with Crippen molar-refractivity contribution in [2.75, 3.05) is 23.5 Å². The smallest absolute Gasteiger partial charge is 0.272 e. The minimum absolute atomic E-state index is 0.0690. The first kappa shape index (κ1) is 30.1. The highest BCUT2D eigenvalue weighted by molar-refractivity contribution is 8.00. The number of para-hydroxylation sites is 1. The normalized spacial score (nSPS) is 11.0. The van der Waals surface area contributed by atoms with Crippen molar-refractivity contribution in [3.8, 4) is 5.75 Å². The maximum atomic E-state index is 13.4. The molecule has 0 bridgehead atoms. The first-order valence-electron chi connectivity index (χ1n) is 13.5. The van der Waals surface area contributed by atoms with Crippen molar-refractivity contribution in [3.63, 3.8) is 0 Å². The molecule has 0 unspecified atom stereocenters. The summed E-state index contributed by atoms with van der Waals surface area (Å²) in [4.78, 5) is 39.9. The number of nitrogens with one attached hydrogen (secondary N) is 3. The number of amides is 3. The third-order valence-electron chi connectivity index (χ3n) is 6.40. The van der Waals surface area contributed by atoms with E-state index in [0.29, 0.717) is 22.6 Å². The molecule has 0 radical (unpaired) electrons. The fourth-order valence-electron chi connectivity index (χ4n) is 4.23. The van der Waals surface area contributed by atoms with Gasteiger partial charge in [0.25, 0.3) is 11.8 Å². The molecule has 42 heavy (non-hydrogen) atoms. The zero-order valence-corrected chi connectivity index (χ0v) is 24.6. The summed E-state index contributed by atoms with van der Waals surface area (Å²) in [6.45, 7) is 4.04. The molecule has 0 aliphatic heterocycles. The summed E-state index contributed by atoms with van der Waals surface area (Å²) in [6, 6.07) is 29.1. The Balaban J connectivity index is 1.47. The van der Waals surface area contributed by atoms with Gasteiger partial charge < -0.3 is 20.7 Å². The van der Waals surface area contributed by atoms with Crippen molar-refractivity contribution in [2.24, 2.45) is 0 Å². The Morgan fingerprint density at radius 2 is 1.62 bits per heavy atom. The van der Waals surface area contributed by atoms with Gasteiger partial charge in [-0.3, -0.25) is 14.4 Å². The number of carbonyl (C=O) groups excluding carboxylic acids is 3. The van der Waals surface area contributed by atoms with Gasteiger partial charge in [0.05, 0.1) is 12.9 Å². The van der Waals surface area contributed by atoms with E-state index in [1.54, 1.807) is 73.8 Å². The Bertz CT molecular complexity index is 1600. The molecule has 8 heteroatoms. The van der Waals surface area contributed by atoms with Crippen molar-refractivity contribution in [3.05, 3.63) is 125 Å². The molecule has 3 amide bonds. The summed E-state index contributed by atoms with van der Waals surface area (Å²) in [5.41, 5.74) is 4.69. The molecule has 4 aromatic carbocycles. The van der Waals surface area contributed by atoms with Crippen LogP contribution in [-0.2, 0) is 16.0 Å². The van der Waals surface area contributed by atoms with Gasteiger partial charge in [-0.15, -0.1) is 11.8 Å². The molecule has 0 saturated carbocycles. The summed E-state index contributed by atoms with van der Waals surface area (Å²) >= 11 is 1.37. The fourth-order valence-corrected chi connectivity index (χ4v) is 4.98. The maximum Gasteiger partial charge on any atom is 0.272 e. The van der Waals surface area contributed by atoms with E-state index in [1.165, 1.54) is 11.8 Å². The van der Waals surface area contributed by atoms with Crippen LogP contribution in [0.5, 0.6) is 5.75 Å². The van der Waals surface area contributed by atoms with E-state index in [2.05, 4.69) is 22.9 Å². The molecule has 4 aromatic rings. The van der Waals surface area contributed by atoms with Crippen molar-refractivity contribution in [2.45, 2.75) is 25.2 Å². The molecule has 0 atom stereocenters. The van der Waals surface area contributed by atoms with Crippen LogP contribution in [0.15, 0.2) is 108 Å². The minimum Gasteiger partial charge on any atom is -0.497 e. The highest BCUT2D eigenvalue weighted by atomic mass is 32.2. The van der Waals surface area contributed by atoms with Crippen LogP contribution in [0.4, 0.5) is 11.4 Å². The Morgan fingerprint density at radius 1 is 0.857 bits per heavy atom. The Hall–Kier alpha value is -4.82. The van der Waals surface area contributed by atoms with E-state index in [9.17, 15) is 14.4 Å². The third-order valence-corrected chi connectivity index (χ3v) is 7.39. The van der Waals surface area contributed by atoms with Crippen LogP contribution in [-0.4, -0.2) is 30.6 Å². The maximum absolute atomic E-state index is 13.4. The van der Waals surface area contributed by atoms with Gasteiger partial charge in [0.1, 0.15) is 11.4 Å². The van der Waals surface area contributed by atoms with E-state index in [4.69, 9.17) is 4.74 Å². The summed E-state index contributed by atoms with van der Waals surface area (Å²) in [5, 5.41) is 8.65. The molecule has 0 heterocycles. The zero-order valence-electron chi connectivity index (χ0n) is 23.8. The molecule has 0 aliphatic carbocycles. The molecule has 0 aliphatic rings. The number of methoxy groups -OCH3 is 1. The number of anilines is 2. The van der Waals surface area contributed by atoms with Gasteiger partial charge in [0, 0.05) is 21.8 Å². The Kier molecular flexibility index (Phi) is 10.6. The van der Waals surface area contributed by atoms with E-state index >= 15 is 0 Å². The molecule has 3 N–H and O–H groups in total. The lowest BCUT2D eigenvalue weighted by atomic mass is 10.1. The molecule has 4 rings (SSSR count). The second-order valence-electron chi connectivity index (χ2n) is 9.44. The second-order valence-corrected chi connectivity index (χ2v) is 10.5. The standard InChI is InChI=1S/C34H33N3O4S/c1-4-25-15-8-11-23(2)32(25)37-31(38)22-42-29-18-10-16-27(21-29)35-34(40)30(20-24-12-9-17-28(19-24)41-3)36-33(39)26-13-6-5-7-14-26/h5-21H,4,22H2,1-3H3,(H,35,40)(H,36,39)(H,37,38)/b30-20-. The van der Waals surface area contributed by atoms with Gasteiger partial charge in [-0.05, 0) is 78.6 Å². The Morgan fingerprint density at radius 3 is 2.38 bits per heavy atom. The number of hydrogen-bond donors (Lipinski definition) is 3. The molecule has 0 spiro atoms. The highest BCUT2D eigenvalue weighted by Crippen LogP contribution is 2.25. The lowest BCUT2D eigenvalue weighted by Crippen LogP contribution is -2.30. The largest absolute Gasteiger partial charge is 0.497 e. The molecule has 0 fully saturated rings. The first-order chi connectivity index (χ1) is 20.4. The predicted molar refractivity (Wildman–Crippen MR) is 170 cm³/mol. The number of benzene rings is 4. The van der Waals surface area contributed by atoms with Crippen molar-refractivity contribution < 1.29 is 19.1 Å². The molecule has 0 saturated heterocycles. The summed E-state index contributed by atoms with van der Waals surface area (Å²) in [7, 11) is 1.56. The van der Waals surface area contributed by atoms with Crippen LogP contribution >= 0.6 is 11.8 Å². The quantitative estimate of drug-likeness (QED) is 0.136. The zero-order chi connectivity index (χ0) is 29.9. The lowest BCUT2D eigenvalue weighted by molar-refractivity contribution is -0.114. The van der Waals surface area contributed by atoms with Crippen LogP contribution in [0.2, 0.25) is 0 Å². The topological polar surface area (TPSA) is 96.5 Å². The minimum atomic E-state index is -0.492. The van der Waals surface area contributed by atoms with Crippen LogP contribution in [0.3, 0.4) is 0 Å². The third kappa shape index (κ3) is 8.34. The van der Waals surface area contributed by atoms with Gasteiger partial charge in [-0.1, -0.05) is 61.5 Å². The first-order valence-corrected chi connectivity index (χ1v) is 14.5. The second kappa shape index (κ2) is 14.7. The number of hydrogen-bond acceptors (Lipinski definition) is 5. The van der Waals surface area contributed by atoms with Gasteiger partial charge in [0.2, 0.25) is 5.91 Å². The SMILES string of the molecule is CCc1cccc(C)c1NC(=O)CSc1cccc(NC(=O)/C(=C/c2cccc(OC)c2)NC(=O)c2ccccc2)c1. The molecule has 214 valence electrons. The lowest BCUT2D eigenvalue weighted by Gasteiger charge is -2.13. The van der Waals surface area contributed by atoms with Gasteiger partial charge >= 0.3 is 0 Å². The summed E-state index contributed by atoms with van der Waals surface area (Å²) < 4.78 is 5.30. The van der Waals surface area contributed by atoms with Crippen molar-refractivity contribution in [1.29, 1.82) is 0 Å². The van der Waals surface area contributed by atoms with Gasteiger partial charge in [0.15, 0.2) is 0 Å². The monoisotopic (exact) mass is 579 g/mol. The van der Waals surface area contributed by atoms with Gasteiger partial charge in [-0.25, -0.2) is 0 Å². The molecule has 7 nitrogen and oxygen atoms in total. The van der Waals surface area contributed by atoms with Crippen molar-refractivity contribution >= 4 is 46.9 Å². The molecule has 0 aromatic heterocycles. The van der Waals surface area contributed by atoms with Crippen LogP contribution < -0.4 is 20.7 Å². The van der Waals surface area contributed by atoms with E-state index < -0.39 is 11.8 Å². The number of thioether (sulfide) groups is 1. The number of rotatable bonds is 11. The molecular weight excluding hydrogens is 546 g/mol. The van der Waals surface area contributed by atoms with Crippen LogP contribution in [0.25, 0.3) is 6.08 Å². The fraction of sp³-hybridized carbons (Fsp3) is 0.147. The summed E-state index contributed by atoms with van der Waals surface area (Å²) in [5.74, 6) is -0.169. The average molecular weight is 580 g/mol. The average Bonchev–Trinajstić information content (AvgIpc) is 3.01. The Labute approximate surface area is 250 Å². The van der Waals surface area contributed by atoms with Crippen LogP contribution in [0, 0.1) is 6.92 Å².